The molecule has 0 saturated carbocycles. The molecule has 120 valence electrons. The minimum Gasteiger partial charge on any atom is -0.455 e. The number of ether oxygens (including phenoxy) is 2. The van der Waals surface area contributed by atoms with Gasteiger partial charge in [-0.3, -0.25) is 0 Å². The van der Waals surface area contributed by atoms with Crippen LogP contribution in [0.4, 0.5) is 17.1 Å². The fourth-order valence-corrected chi connectivity index (χ4v) is 2.55. The molecule has 6 heteroatoms. The minimum atomic E-state index is -0.425. The van der Waals surface area contributed by atoms with Gasteiger partial charge in [-0.15, -0.1) is 0 Å². The Morgan fingerprint density at radius 1 is 1.08 bits per heavy atom. The molecule has 0 radical (unpaired) electrons. The van der Waals surface area contributed by atoms with Gasteiger partial charge in [0.15, 0.2) is 0 Å². The molecule has 3 aromatic rings. The van der Waals surface area contributed by atoms with Gasteiger partial charge in [-0.1, -0.05) is 6.07 Å². The van der Waals surface area contributed by atoms with E-state index >= 15 is 0 Å². The third kappa shape index (κ3) is 2.77. The normalized spacial score (nSPS) is 13.5. The number of hydrogen-bond donors (Lipinski definition) is 2. The van der Waals surface area contributed by atoms with Crippen LogP contribution < -0.4 is 11.1 Å². The lowest BCUT2D eigenvalue weighted by atomic mass is 10.1. The summed E-state index contributed by atoms with van der Waals surface area (Å²) in [5, 5.41) is 3.34. The van der Waals surface area contributed by atoms with E-state index in [0.717, 1.165) is 22.6 Å². The fraction of sp³-hybridized carbons (Fsp3) is 0.0556. The molecular weight excluding hydrogens is 304 g/mol. The van der Waals surface area contributed by atoms with Gasteiger partial charge in [0.25, 0.3) is 6.29 Å². The van der Waals surface area contributed by atoms with Crippen LogP contribution in [-0.4, -0.2) is 9.55 Å². The number of nitrogens with zero attached hydrogens (tertiary/aromatic N) is 2. The van der Waals surface area contributed by atoms with Gasteiger partial charge in [0.1, 0.15) is 12.5 Å². The topological polar surface area (TPSA) is 74.3 Å². The Balaban J connectivity index is 1.56. The van der Waals surface area contributed by atoms with Crippen molar-refractivity contribution < 1.29 is 9.47 Å². The molecule has 4 rings (SSSR count). The zero-order valence-corrected chi connectivity index (χ0v) is 12.8. The van der Waals surface area contributed by atoms with Crippen LogP contribution in [-0.2, 0) is 9.47 Å². The molecule has 1 aliphatic rings. The first-order valence-corrected chi connectivity index (χ1v) is 7.50. The summed E-state index contributed by atoms with van der Waals surface area (Å²) >= 11 is 0. The number of hydrogen-bond acceptors (Lipinski definition) is 5. The van der Waals surface area contributed by atoms with Crippen LogP contribution in [0.5, 0.6) is 0 Å². The van der Waals surface area contributed by atoms with Crippen LogP contribution in [0.3, 0.4) is 0 Å². The molecule has 0 unspecified atom stereocenters. The summed E-state index contributed by atoms with van der Waals surface area (Å²) in [6, 6.07) is 13.7. The average molecular weight is 320 g/mol. The molecule has 24 heavy (non-hydrogen) atoms. The molecule has 6 nitrogen and oxygen atoms in total. The van der Waals surface area contributed by atoms with E-state index in [4.69, 9.17) is 15.2 Å². The lowest BCUT2D eigenvalue weighted by Gasteiger charge is -2.15. The van der Waals surface area contributed by atoms with Gasteiger partial charge < -0.3 is 25.1 Å². The lowest BCUT2D eigenvalue weighted by Crippen LogP contribution is -2.02. The Hall–Kier alpha value is -3.41. The van der Waals surface area contributed by atoms with E-state index in [1.807, 2.05) is 53.2 Å². The molecule has 2 aromatic carbocycles. The Morgan fingerprint density at radius 3 is 2.71 bits per heavy atom. The van der Waals surface area contributed by atoms with Crippen LogP contribution in [0.2, 0.25) is 0 Å². The third-order valence-electron chi connectivity index (χ3n) is 3.74. The summed E-state index contributed by atoms with van der Waals surface area (Å²) in [7, 11) is 0. The molecule has 1 aliphatic heterocycles. The number of imidazole rings is 1. The van der Waals surface area contributed by atoms with Gasteiger partial charge in [-0.25, -0.2) is 4.98 Å². The first kappa shape index (κ1) is 14.2. The van der Waals surface area contributed by atoms with Crippen molar-refractivity contribution in [2.24, 2.45) is 0 Å². The summed E-state index contributed by atoms with van der Waals surface area (Å²) in [6.07, 6.45) is 8.03. The van der Waals surface area contributed by atoms with Crippen molar-refractivity contribution in [1.29, 1.82) is 0 Å². The van der Waals surface area contributed by atoms with Crippen LogP contribution in [0.1, 0.15) is 11.9 Å². The van der Waals surface area contributed by atoms with Crippen molar-refractivity contribution in [1.82, 2.24) is 9.55 Å². The monoisotopic (exact) mass is 320 g/mol. The number of nitrogens with two attached hydrogens (primary N) is 1. The van der Waals surface area contributed by atoms with Crippen molar-refractivity contribution in [3.8, 4) is 5.69 Å². The number of nitrogens with one attached hydrogen (secondary N) is 1. The molecule has 0 saturated heterocycles. The molecule has 0 atom stereocenters. The van der Waals surface area contributed by atoms with E-state index in [1.54, 1.807) is 12.5 Å². The van der Waals surface area contributed by atoms with Crippen molar-refractivity contribution in [3.05, 3.63) is 79.3 Å². The molecule has 3 N–H and O–H groups in total. The van der Waals surface area contributed by atoms with Gasteiger partial charge in [-0.2, -0.15) is 0 Å². The van der Waals surface area contributed by atoms with Crippen molar-refractivity contribution in [3.63, 3.8) is 0 Å². The van der Waals surface area contributed by atoms with Gasteiger partial charge in [0.2, 0.25) is 0 Å². The maximum Gasteiger partial charge on any atom is 0.266 e. The predicted molar refractivity (Wildman–Crippen MR) is 91.8 cm³/mol. The SMILES string of the molecule is Nc1cc(C2OC=CO2)ccc1Nc1cccc(-n2ccnc2)c1. The van der Waals surface area contributed by atoms with Crippen molar-refractivity contribution in [2.75, 3.05) is 11.1 Å². The van der Waals surface area contributed by atoms with Gasteiger partial charge in [0.05, 0.1) is 17.7 Å². The molecule has 0 amide bonds. The number of nitrogen functional groups attached to an aromatic ring is 1. The Labute approximate surface area is 139 Å². The third-order valence-corrected chi connectivity index (χ3v) is 3.74. The van der Waals surface area contributed by atoms with E-state index < -0.39 is 6.29 Å². The average Bonchev–Trinajstić information content (AvgIpc) is 3.31. The molecule has 1 aromatic heterocycles. The van der Waals surface area contributed by atoms with E-state index in [9.17, 15) is 0 Å². The second-order valence-corrected chi connectivity index (χ2v) is 5.37. The van der Waals surface area contributed by atoms with Crippen LogP contribution in [0.25, 0.3) is 5.69 Å². The highest BCUT2D eigenvalue weighted by Gasteiger charge is 2.16. The molecular formula is C18H16N4O2. The fourth-order valence-electron chi connectivity index (χ4n) is 2.55. The first-order valence-electron chi connectivity index (χ1n) is 7.50. The number of rotatable bonds is 4. The van der Waals surface area contributed by atoms with Crippen LogP contribution in [0.15, 0.2) is 73.7 Å². The maximum atomic E-state index is 6.16. The quantitative estimate of drug-likeness (QED) is 0.717. The van der Waals surface area contributed by atoms with E-state index in [-0.39, 0.29) is 0 Å². The highest BCUT2D eigenvalue weighted by molar-refractivity contribution is 5.74. The summed E-state index contributed by atoms with van der Waals surface area (Å²) in [5.41, 5.74) is 10.4. The van der Waals surface area contributed by atoms with E-state index in [0.29, 0.717) is 5.69 Å². The molecule has 0 fully saturated rings. The molecule has 2 heterocycles. The van der Waals surface area contributed by atoms with Gasteiger partial charge in [-0.05, 0) is 36.4 Å². The summed E-state index contributed by atoms with van der Waals surface area (Å²) in [4.78, 5) is 4.07. The van der Waals surface area contributed by atoms with E-state index in [2.05, 4.69) is 10.3 Å². The summed E-state index contributed by atoms with van der Waals surface area (Å²) in [6.45, 7) is 0. The predicted octanol–water partition coefficient (Wildman–Crippen LogP) is 3.71. The lowest BCUT2D eigenvalue weighted by molar-refractivity contribution is -0.0245. The van der Waals surface area contributed by atoms with E-state index in [1.165, 1.54) is 12.5 Å². The highest BCUT2D eigenvalue weighted by Crippen LogP contribution is 2.30. The standard InChI is InChI=1S/C18H16N4O2/c19-16-10-13(18-23-8-9-24-18)4-5-17(16)21-14-2-1-3-15(11-14)22-7-6-20-12-22/h1-12,18,21H,19H2. The van der Waals surface area contributed by atoms with Gasteiger partial charge in [0, 0.05) is 29.3 Å². The number of benzene rings is 2. The maximum absolute atomic E-state index is 6.16. The van der Waals surface area contributed by atoms with Crippen molar-refractivity contribution >= 4 is 17.1 Å². The number of anilines is 3. The Bertz CT molecular complexity index is 866. The minimum absolute atomic E-state index is 0.425. The Kier molecular flexibility index (Phi) is 3.55. The molecule has 0 bridgehead atoms. The largest absolute Gasteiger partial charge is 0.455 e. The number of aromatic nitrogens is 2. The van der Waals surface area contributed by atoms with Crippen molar-refractivity contribution in [2.45, 2.75) is 6.29 Å². The molecule has 0 aliphatic carbocycles. The second kappa shape index (κ2) is 6.00. The first-order chi connectivity index (χ1) is 11.8. The second-order valence-electron chi connectivity index (χ2n) is 5.37. The molecule has 0 spiro atoms. The highest BCUT2D eigenvalue weighted by atomic mass is 16.7. The smallest absolute Gasteiger partial charge is 0.266 e. The zero-order chi connectivity index (χ0) is 16.4. The van der Waals surface area contributed by atoms with Crippen LogP contribution in [0, 0.1) is 0 Å². The summed E-state index contributed by atoms with van der Waals surface area (Å²) < 4.78 is 12.6. The van der Waals surface area contributed by atoms with Crippen LogP contribution >= 0.6 is 0 Å². The zero-order valence-electron chi connectivity index (χ0n) is 12.8. The Morgan fingerprint density at radius 2 is 1.96 bits per heavy atom. The van der Waals surface area contributed by atoms with Gasteiger partial charge >= 0.3 is 0 Å². The summed E-state index contributed by atoms with van der Waals surface area (Å²) in [5.74, 6) is 0.